The quantitative estimate of drug-likeness (QED) is 0.581. The second kappa shape index (κ2) is 6.45. The number of hydrogen-bond donors (Lipinski definition) is 0. The summed E-state index contributed by atoms with van der Waals surface area (Å²) in [6.07, 6.45) is 4.48. The summed E-state index contributed by atoms with van der Waals surface area (Å²) in [4.78, 5) is 0. The molecular formula is C13H28. The summed E-state index contributed by atoms with van der Waals surface area (Å²) < 4.78 is 0. The Labute approximate surface area is 85.1 Å². The standard InChI is InChI=1S/C7H14.C6H14/c1-6(2)7-4-3-5-7;1-5(2)6(3)4/h6-7H,3-5H2,1-2H3;5-6H,1-4H3. The van der Waals surface area contributed by atoms with Gasteiger partial charge in [0.1, 0.15) is 0 Å². The fourth-order valence-corrected chi connectivity index (χ4v) is 1.11. The minimum Gasteiger partial charge on any atom is -0.0625 e. The summed E-state index contributed by atoms with van der Waals surface area (Å²) in [5.74, 6) is 3.74. The third kappa shape index (κ3) is 6.12. The lowest BCUT2D eigenvalue weighted by atomic mass is 9.78. The first kappa shape index (κ1) is 13.0. The maximum absolute atomic E-state index is 2.32. The molecule has 1 aliphatic rings. The van der Waals surface area contributed by atoms with Crippen molar-refractivity contribution in [3.63, 3.8) is 0 Å². The van der Waals surface area contributed by atoms with E-state index in [4.69, 9.17) is 0 Å². The molecule has 1 rings (SSSR count). The Bertz CT molecular complexity index is 101. The van der Waals surface area contributed by atoms with Crippen LogP contribution in [0.25, 0.3) is 0 Å². The maximum atomic E-state index is 2.32. The van der Waals surface area contributed by atoms with E-state index in [1.54, 1.807) is 0 Å². The van der Waals surface area contributed by atoms with Gasteiger partial charge in [0.05, 0.1) is 0 Å². The first-order chi connectivity index (χ1) is 5.95. The van der Waals surface area contributed by atoms with Gasteiger partial charge in [-0.05, 0) is 23.7 Å². The van der Waals surface area contributed by atoms with Crippen LogP contribution in [0.4, 0.5) is 0 Å². The van der Waals surface area contributed by atoms with Crippen molar-refractivity contribution in [2.24, 2.45) is 23.7 Å². The number of rotatable bonds is 2. The fourth-order valence-electron chi connectivity index (χ4n) is 1.11. The van der Waals surface area contributed by atoms with E-state index in [9.17, 15) is 0 Å². The second-order valence-electron chi connectivity index (χ2n) is 5.42. The SMILES string of the molecule is CC(C)C(C)C.CC(C)C1CCC1. The molecule has 80 valence electrons. The molecule has 0 saturated heterocycles. The van der Waals surface area contributed by atoms with E-state index in [1.165, 1.54) is 19.3 Å². The Morgan fingerprint density at radius 1 is 0.769 bits per heavy atom. The molecule has 0 atom stereocenters. The Morgan fingerprint density at radius 2 is 1.15 bits per heavy atom. The first-order valence-electron chi connectivity index (χ1n) is 5.95. The molecule has 0 unspecified atom stereocenters. The van der Waals surface area contributed by atoms with Gasteiger partial charge >= 0.3 is 0 Å². The van der Waals surface area contributed by atoms with Gasteiger partial charge in [-0.2, -0.15) is 0 Å². The van der Waals surface area contributed by atoms with Crippen molar-refractivity contribution in [2.75, 3.05) is 0 Å². The normalized spacial score (nSPS) is 17.3. The van der Waals surface area contributed by atoms with Crippen LogP contribution in [0.2, 0.25) is 0 Å². The van der Waals surface area contributed by atoms with Crippen molar-refractivity contribution >= 4 is 0 Å². The van der Waals surface area contributed by atoms with Crippen molar-refractivity contribution in [3.05, 3.63) is 0 Å². The third-order valence-electron chi connectivity index (χ3n) is 3.43. The van der Waals surface area contributed by atoms with E-state index in [0.717, 1.165) is 23.7 Å². The van der Waals surface area contributed by atoms with Gasteiger partial charge in [0.25, 0.3) is 0 Å². The van der Waals surface area contributed by atoms with Crippen molar-refractivity contribution in [1.82, 2.24) is 0 Å². The lowest BCUT2D eigenvalue weighted by molar-refractivity contribution is 0.235. The Kier molecular flexibility index (Phi) is 6.45. The molecule has 0 nitrogen and oxygen atoms in total. The predicted molar refractivity (Wildman–Crippen MR) is 61.9 cm³/mol. The monoisotopic (exact) mass is 184 g/mol. The van der Waals surface area contributed by atoms with Gasteiger partial charge in [0.2, 0.25) is 0 Å². The van der Waals surface area contributed by atoms with Crippen LogP contribution in [-0.4, -0.2) is 0 Å². The zero-order chi connectivity index (χ0) is 10.4. The van der Waals surface area contributed by atoms with Crippen LogP contribution in [0.15, 0.2) is 0 Å². The molecule has 0 heteroatoms. The largest absolute Gasteiger partial charge is 0.0625 e. The molecule has 0 N–H and O–H groups in total. The molecule has 1 saturated carbocycles. The van der Waals surface area contributed by atoms with E-state index < -0.39 is 0 Å². The molecule has 0 amide bonds. The average molecular weight is 184 g/mol. The zero-order valence-corrected chi connectivity index (χ0v) is 10.4. The molecule has 1 aliphatic carbocycles. The summed E-state index contributed by atoms with van der Waals surface area (Å²) in [6.45, 7) is 13.6. The van der Waals surface area contributed by atoms with E-state index in [0.29, 0.717) is 0 Å². The van der Waals surface area contributed by atoms with Crippen LogP contribution >= 0.6 is 0 Å². The van der Waals surface area contributed by atoms with Crippen LogP contribution in [0.3, 0.4) is 0 Å². The zero-order valence-electron chi connectivity index (χ0n) is 10.4. The van der Waals surface area contributed by atoms with Gasteiger partial charge in [-0.3, -0.25) is 0 Å². The molecule has 0 aliphatic heterocycles. The van der Waals surface area contributed by atoms with Crippen molar-refractivity contribution in [3.8, 4) is 0 Å². The lowest BCUT2D eigenvalue weighted by Crippen LogP contribution is -2.16. The van der Waals surface area contributed by atoms with Crippen LogP contribution in [0.5, 0.6) is 0 Å². The minimum atomic E-state index is 0.852. The molecule has 0 aromatic rings. The summed E-state index contributed by atoms with van der Waals surface area (Å²) in [7, 11) is 0. The van der Waals surface area contributed by atoms with Gasteiger partial charge in [0.15, 0.2) is 0 Å². The predicted octanol–water partition coefficient (Wildman–Crippen LogP) is 4.74. The molecule has 0 aromatic heterocycles. The Balaban J connectivity index is 0.000000226. The molecular weight excluding hydrogens is 156 g/mol. The smallest absolute Gasteiger partial charge is 0.0391 e. The van der Waals surface area contributed by atoms with Gasteiger partial charge in [0, 0.05) is 0 Å². The van der Waals surface area contributed by atoms with Gasteiger partial charge in [-0.15, -0.1) is 0 Å². The molecule has 1 fully saturated rings. The molecule has 0 bridgehead atoms. The van der Waals surface area contributed by atoms with Crippen molar-refractivity contribution in [1.29, 1.82) is 0 Å². The molecule has 13 heavy (non-hydrogen) atoms. The minimum absolute atomic E-state index is 0.852. The van der Waals surface area contributed by atoms with Crippen LogP contribution in [0.1, 0.15) is 60.8 Å². The lowest BCUT2D eigenvalue weighted by Gasteiger charge is -2.28. The highest BCUT2D eigenvalue weighted by Gasteiger charge is 2.19. The highest BCUT2D eigenvalue weighted by Crippen LogP contribution is 2.32. The van der Waals surface area contributed by atoms with Crippen LogP contribution < -0.4 is 0 Å². The van der Waals surface area contributed by atoms with Crippen LogP contribution in [0, 0.1) is 23.7 Å². The van der Waals surface area contributed by atoms with Gasteiger partial charge < -0.3 is 0 Å². The first-order valence-corrected chi connectivity index (χ1v) is 5.95. The Morgan fingerprint density at radius 3 is 1.15 bits per heavy atom. The molecule has 0 aromatic carbocycles. The maximum Gasteiger partial charge on any atom is -0.0391 e. The van der Waals surface area contributed by atoms with E-state index in [-0.39, 0.29) is 0 Å². The average Bonchev–Trinajstić information content (AvgIpc) is 1.82. The second-order valence-corrected chi connectivity index (χ2v) is 5.42. The van der Waals surface area contributed by atoms with Crippen LogP contribution in [-0.2, 0) is 0 Å². The third-order valence-corrected chi connectivity index (χ3v) is 3.43. The Hall–Kier alpha value is 0. The van der Waals surface area contributed by atoms with E-state index in [1.807, 2.05) is 0 Å². The van der Waals surface area contributed by atoms with E-state index in [2.05, 4.69) is 41.5 Å². The highest BCUT2D eigenvalue weighted by molar-refractivity contribution is 4.71. The van der Waals surface area contributed by atoms with Crippen molar-refractivity contribution in [2.45, 2.75) is 60.8 Å². The molecule has 0 heterocycles. The summed E-state index contributed by atoms with van der Waals surface area (Å²) in [5.41, 5.74) is 0. The summed E-state index contributed by atoms with van der Waals surface area (Å²) in [6, 6.07) is 0. The molecule has 0 spiro atoms. The topological polar surface area (TPSA) is 0 Å². The molecule has 0 radical (unpaired) electrons. The summed E-state index contributed by atoms with van der Waals surface area (Å²) in [5, 5.41) is 0. The van der Waals surface area contributed by atoms with E-state index >= 15 is 0 Å². The fraction of sp³-hybridized carbons (Fsp3) is 1.00. The highest BCUT2D eigenvalue weighted by atomic mass is 14.3. The van der Waals surface area contributed by atoms with Gasteiger partial charge in [-0.25, -0.2) is 0 Å². The number of hydrogen-bond acceptors (Lipinski definition) is 0. The van der Waals surface area contributed by atoms with Crippen molar-refractivity contribution < 1.29 is 0 Å². The van der Waals surface area contributed by atoms with Gasteiger partial charge in [-0.1, -0.05) is 60.8 Å². The summed E-state index contributed by atoms with van der Waals surface area (Å²) >= 11 is 0.